The van der Waals surface area contributed by atoms with Gasteiger partial charge in [-0.3, -0.25) is 19.7 Å². The zero-order valence-corrected chi connectivity index (χ0v) is 17.0. The first kappa shape index (κ1) is 20.6. The van der Waals surface area contributed by atoms with Crippen LogP contribution in [0.1, 0.15) is 15.9 Å². The highest BCUT2D eigenvalue weighted by Gasteiger charge is 2.46. The van der Waals surface area contributed by atoms with E-state index in [4.69, 9.17) is 5.73 Å². The van der Waals surface area contributed by atoms with Crippen molar-refractivity contribution in [3.63, 3.8) is 0 Å². The van der Waals surface area contributed by atoms with Crippen LogP contribution in [0.5, 0.6) is 0 Å². The Hall–Kier alpha value is -3.09. The molecule has 3 rings (SSSR count). The number of nitrogens with zero attached hydrogens (tertiary/aromatic N) is 3. The standard InChI is InChI=1S/C17H16N4O6S2/c1-20(2)17(18)19-15(11-7-3-6-10-14(11)29(25,26)27)21-16(22)12-8-4-5-9-13(12)28(21,23)24/h3-10,18H,1-2H3,(H,25,26,27)/p+1/b19-15+. The summed E-state index contributed by atoms with van der Waals surface area (Å²) >= 11 is 0. The highest BCUT2D eigenvalue weighted by Crippen LogP contribution is 2.32. The van der Waals surface area contributed by atoms with E-state index in [9.17, 15) is 26.2 Å². The summed E-state index contributed by atoms with van der Waals surface area (Å²) in [5.41, 5.74) is 5.44. The minimum absolute atomic E-state index is 0.0899. The van der Waals surface area contributed by atoms with Crippen molar-refractivity contribution in [3.8, 4) is 0 Å². The molecule has 1 heterocycles. The molecule has 0 radical (unpaired) electrons. The van der Waals surface area contributed by atoms with Crippen molar-refractivity contribution < 1.29 is 30.8 Å². The van der Waals surface area contributed by atoms with Crippen LogP contribution < -0.4 is 5.73 Å². The lowest BCUT2D eigenvalue weighted by atomic mass is 10.1. The van der Waals surface area contributed by atoms with Crippen LogP contribution in [0.15, 0.2) is 63.3 Å². The van der Waals surface area contributed by atoms with E-state index in [1.54, 1.807) is 0 Å². The number of hydrogen-bond donors (Lipinski definition) is 2. The topological polar surface area (TPSA) is 150 Å². The van der Waals surface area contributed by atoms with Crippen molar-refractivity contribution in [1.82, 2.24) is 4.31 Å². The van der Waals surface area contributed by atoms with Crippen LogP contribution in [0.4, 0.5) is 0 Å². The van der Waals surface area contributed by atoms with Gasteiger partial charge in [0.25, 0.3) is 26.0 Å². The van der Waals surface area contributed by atoms with Crippen molar-refractivity contribution in [2.24, 2.45) is 10.7 Å². The van der Waals surface area contributed by atoms with Gasteiger partial charge in [-0.25, -0.2) is 8.42 Å². The molecule has 0 atom stereocenters. The minimum atomic E-state index is -4.76. The van der Waals surface area contributed by atoms with Gasteiger partial charge < -0.3 is 0 Å². The number of carbonyl (C=O) groups excluding carboxylic acids is 1. The fourth-order valence-electron chi connectivity index (χ4n) is 2.70. The third kappa shape index (κ3) is 3.52. The number of carbonyl (C=O) groups is 1. The van der Waals surface area contributed by atoms with Gasteiger partial charge >= 0.3 is 5.96 Å². The molecule has 10 nitrogen and oxygen atoms in total. The van der Waals surface area contributed by atoms with E-state index in [0.29, 0.717) is 4.31 Å². The largest absolute Gasteiger partial charge is 0.386 e. The Morgan fingerprint density at radius 2 is 1.69 bits per heavy atom. The number of guanidine groups is 1. The van der Waals surface area contributed by atoms with E-state index in [-0.39, 0.29) is 22.0 Å². The first-order valence-corrected chi connectivity index (χ1v) is 11.0. The van der Waals surface area contributed by atoms with Gasteiger partial charge in [0.2, 0.25) is 5.84 Å². The van der Waals surface area contributed by atoms with E-state index < -0.39 is 36.8 Å². The van der Waals surface area contributed by atoms with Crippen molar-refractivity contribution in [3.05, 3.63) is 59.7 Å². The van der Waals surface area contributed by atoms with E-state index in [1.165, 1.54) is 61.1 Å². The van der Waals surface area contributed by atoms with Crippen LogP contribution in [-0.2, 0) is 20.1 Å². The molecular formula is C17H17N4O6S2+. The van der Waals surface area contributed by atoms with E-state index in [0.717, 1.165) is 6.07 Å². The Balaban J connectivity index is 2.38. The maximum absolute atomic E-state index is 13.1. The SMILES string of the molecule is C[N+](C)=C(N)/N=C(\c1ccccc1S(=O)(=O)O)N1C(=O)c2ccccc2S1(=O)=O. The summed E-state index contributed by atoms with van der Waals surface area (Å²) in [5, 5.41) is 0. The number of nitrogens with two attached hydrogens (primary N) is 1. The smallest absolute Gasteiger partial charge is 0.288 e. The van der Waals surface area contributed by atoms with Crippen molar-refractivity contribution >= 4 is 37.8 Å². The molecular weight excluding hydrogens is 420 g/mol. The van der Waals surface area contributed by atoms with Gasteiger partial charge in [0, 0.05) is 0 Å². The maximum Gasteiger partial charge on any atom is 0.386 e. The lowest BCUT2D eigenvalue weighted by Gasteiger charge is -2.16. The molecule has 0 saturated heterocycles. The fraction of sp³-hybridized carbons (Fsp3) is 0.118. The number of rotatable bonds is 2. The van der Waals surface area contributed by atoms with Gasteiger partial charge in [-0.1, -0.05) is 29.3 Å². The molecule has 12 heteroatoms. The maximum atomic E-state index is 13.1. The zero-order chi connectivity index (χ0) is 21.6. The second-order valence-electron chi connectivity index (χ2n) is 6.23. The molecule has 0 aromatic heterocycles. The summed E-state index contributed by atoms with van der Waals surface area (Å²) in [6.07, 6.45) is 0. The van der Waals surface area contributed by atoms with Crippen molar-refractivity contribution in [2.45, 2.75) is 9.79 Å². The van der Waals surface area contributed by atoms with Gasteiger partial charge in [-0.2, -0.15) is 12.7 Å². The molecule has 0 unspecified atom stereocenters. The first-order valence-electron chi connectivity index (χ1n) is 8.10. The Morgan fingerprint density at radius 1 is 1.10 bits per heavy atom. The second kappa shape index (κ2) is 7.06. The van der Waals surface area contributed by atoms with Crippen molar-refractivity contribution in [2.75, 3.05) is 14.1 Å². The second-order valence-corrected chi connectivity index (χ2v) is 9.38. The highest BCUT2D eigenvalue weighted by molar-refractivity contribution is 7.91. The first-order chi connectivity index (χ1) is 13.5. The molecule has 0 aliphatic carbocycles. The monoisotopic (exact) mass is 437 g/mol. The normalized spacial score (nSPS) is 15.9. The molecule has 2 aromatic carbocycles. The summed E-state index contributed by atoms with van der Waals surface area (Å²) in [4.78, 5) is 16.1. The molecule has 1 amide bonds. The van der Waals surface area contributed by atoms with Gasteiger partial charge in [-0.15, -0.1) is 0 Å². The predicted molar refractivity (Wildman–Crippen MR) is 104 cm³/mol. The summed E-state index contributed by atoms with van der Waals surface area (Å²) in [7, 11) is -6.09. The summed E-state index contributed by atoms with van der Waals surface area (Å²) in [5.74, 6) is -1.66. The quantitative estimate of drug-likeness (QED) is 0.293. The van der Waals surface area contributed by atoms with E-state index in [2.05, 4.69) is 4.99 Å². The van der Waals surface area contributed by atoms with Crippen LogP contribution in [-0.4, -0.2) is 62.1 Å². The average Bonchev–Trinajstić information content (AvgIpc) is 2.85. The molecule has 3 N–H and O–H groups in total. The summed E-state index contributed by atoms with van der Waals surface area (Å²) in [6, 6.07) is 10.6. The molecule has 0 bridgehead atoms. The Morgan fingerprint density at radius 3 is 2.28 bits per heavy atom. The number of aliphatic imine (C=N–C) groups is 1. The molecule has 1 aliphatic heterocycles. The molecule has 152 valence electrons. The Bertz CT molecular complexity index is 1290. The number of sulfonamides is 1. The van der Waals surface area contributed by atoms with E-state index >= 15 is 0 Å². The van der Waals surface area contributed by atoms with Crippen LogP contribution in [0.2, 0.25) is 0 Å². The lowest BCUT2D eigenvalue weighted by molar-refractivity contribution is -0.466. The Labute approximate surface area is 167 Å². The summed E-state index contributed by atoms with van der Waals surface area (Å²) < 4.78 is 61.2. The minimum Gasteiger partial charge on any atom is -0.288 e. The zero-order valence-electron chi connectivity index (χ0n) is 15.3. The van der Waals surface area contributed by atoms with Gasteiger partial charge in [0.15, 0.2) is 0 Å². The van der Waals surface area contributed by atoms with Crippen LogP contribution in [0.3, 0.4) is 0 Å². The molecule has 0 spiro atoms. The van der Waals surface area contributed by atoms with Crippen LogP contribution in [0.25, 0.3) is 0 Å². The van der Waals surface area contributed by atoms with E-state index in [1.807, 2.05) is 0 Å². The lowest BCUT2D eigenvalue weighted by Crippen LogP contribution is -2.39. The summed E-state index contributed by atoms with van der Waals surface area (Å²) in [6.45, 7) is 0. The molecule has 1 aliphatic rings. The predicted octanol–water partition coefficient (Wildman–Crippen LogP) is 0.111. The molecule has 29 heavy (non-hydrogen) atoms. The van der Waals surface area contributed by atoms with Gasteiger partial charge in [-0.05, 0) is 24.3 Å². The number of hydrogen-bond acceptors (Lipinski definition) is 5. The molecule has 2 aromatic rings. The average molecular weight is 437 g/mol. The number of amidine groups is 1. The van der Waals surface area contributed by atoms with Crippen LogP contribution >= 0.6 is 0 Å². The highest BCUT2D eigenvalue weighted by atomic mass is 32.2. The molecule has 0 fully saturated rings. The van der Waals surface area contributed by atoms with Crippen LogP contribution in [0, 0.1) is 0 Å². The molecule has 0 saturated carbocycles. The fourth-order valence-corrected chi connectivity index (χ4v) is 4.95. The van der Waals surface area contributed by atoms with Gasteiger partial charge in [0.1, 0.15) is 9.79 Å². The number of amides is 1. The number of fused-ring (bicyclic) bond motifs is 1. The van der Waals surface area contributed by atoms with Gasteiger partial charge in [0.05, 0.1) is 25.2 Å². The third-order valence-electron chi connectivity index (χ3n) is 4.10. The van der Waals surface area contributed by atoms with Crippen molar-refractivity contribution in [1.29, 1.82) is 0 Å². The third-order valence-corrected chi connectivity index (χ3v) is 6.74. The Kier molecular flexibility index (Phi) is 5.03. The number of benzene rings is 2.